The standard InChI is InChI=1S/C22H23N5O4S/c1-13-6-4-5-7-17(13)20(29)23-14(2)19-25-26-22(27(19)3)32-12-18(28)24-16-10-8-15(9-11-16)21(30)31/h4-11,14H,12H2,1-3H3,(H,23,29)(H,24,28)(H,30,31)/t14-/m0/s1. The lowest BCUT2D eigenvalue weighted by molar-refractivity contribution is -0.113. The third kappa shape index (κ3) is 5.52. The Balaban J connectivity index is 1.57. The van der Waals surface area contributed by atoms with Gasteiger partial charge in [-0.15, -0.1) is 10.2 Å². The van der Waals surface area contributed by atoms with E-state index in [0.29, 0.717) is 22.2 Å². The van der Waals surface area contributed by atoms with E-state index in [2.05, 4.69) is 20.8 Å². The van der Waals surface area contributed by atoms with Crippen molar-refractivity contribution in [1.29, 1.82) is 0 Å². The molecule has 1 heterocycles. The van der Waals surface area contributed by atoms with Crippen LogP contribution in [0.2, 0.25) is 0 Å². The largest absolute Gasteiger partial charge is 0.478 e. The van der Waals surface area contributed by atoms with Gasteiger partial charge in [0.05, 0.1) is 17.4 Å². The van der Waals surface area contributed by atoms with Crippen LogP contribution in [0.5, 0.6) is 0 Å². The number of aromatic carboxylic acids is 1. The van der Waals surface area contributed by atoms with E-state index in [0.717, 1.165) is 5.56 Å². The summed E-state index contributed by atoms with van der Waals surface area (Å²) < 4.78 is 1.74. The quantitative estimate of drug-likeness (QED) is 0.448. The molecule has 3 aromatic rings. The number of thioether (sulfide) groups is 1. The van der Waals surface area contributed by atoms with Crippen molar-refractivity contribution in [3.05, 3.63) is 71.0 Å². The zero-order valence-corrected chi connectivity index (χ0v) is 18.6. The number of anilines is 1. The number of carbonyl (C=O) groups is 3. The fourth-order valence-corrected chi connectivity index (χ4v) is 3.74. The number of benzene rings is 2. The molecule has 0 fully saturated rings. The third-order valence-electron chi connectivity index (χ3n) is 4.74. The van der Waals surface area contributed by atoms with Gasteiger partial charge < -0.3 is 20.3 Å². The van der Waals surface area contributed by atoms with Crippen molar-refractivity contribution >= 4 is 35.2 Å². The fourth-order valence-electron chi connectivity index (χ4n) is 3.02. The number of nitrogens with one attached hydrogen (secondary N) is 2. The van der Waals surface area contributed by atoms with Gasteiger partial charge >= 0.3 is 5.97 Å². The maximum absolute atomic E-state index is 12.6. The van der Waals surface area contributed by atoms with Crippen LogP contribution in [-0.2, 0) is 11.8 Å². The highest BCUT2D eigenvalue weighted by atomic mass is 32.2. The summed E-state index contributed by atoms with van der Waals surface area (Å²) in [7, 11) is 1.77. The fraction of sp³-hybridized carbons (Fsp3) is 0.227. The maximum atomic E-state index is 12.6. The summed E-state index contributed by atoms with van der Waals surface area (Å²) in [6.45, 7) is 3.70. The number of aromatic nitrogens is 3. The van der Waals surface area contributed by atoms with E-state index in [9.17, 15) is 14.4 Å². The van der Waals surface area contributed by atoms with Crippen LogP contribution < -0.4 is 10.6 Å². The molecule has 0 aliphatic rings. The van der Waals surface area contributed by atoms with Gasteiger partial charge in [0.15, 0.2) is 11.0 Å². The van der Waals surface area contributed by atoms with Crippen molar-refractivity contribution in [2.75, 3.05) is 11.1 Å². The van der Waals surface area contributed by atoms with E-state index in [4.69, 9.17) is 5.11 Å². The van der Waals surface area contributed by atoms with Crippen molar-refractivity contribution in [3.63, 3.8) is 0 Å². The van der Waals surface area contributed by atoms with Crippen molar-refractivity contribution in [2.24, 2.45) is 7.05 Å². The van der Waals surface area contributed by atoms with E-state index in [-0.39, 0.29) is 29.2 Å². The Bertz CT molecular complexity index is 1140. The van der Waals surface area contributed by atoms with Gasteiger partial charge in [-0.05, 0) is 49.7 Å². The minimum absolute atomic E-state index is 0.0939. The average Bonchev–Trinajstić information content (AvgIpc) is 3.13. The van der Waals surface area contributed by atoms with Crippen LogP contribution in [0.4, 0.5) is 5.69 Å². The second-order valence-electron chi connectivity index (χ2n) is 7.13. The number of hydrogen-bond donors (Lipinski definition) is 3. The average molecular weight is 454 g/mol. The first kappa shape index (κ1) is 23.0. The molecular weight excluding hydrogens is 430 g/mol. The zero-order valence-electron chi connectivity index (χ0n) is 17.8. The Morgan fingerprint density at radius 1 is 1.09 bits per heavy atom. The van der Waals surface area contributed by atoms with E-state index in [1.54, 1.807) is 17.7 Å². The molecule has 0 aliphatic heterocycles. The Morgan fingerprint density at radius 3 is 2.44 bits per heavy atom. The molecule has 32 heavy (non-hydrogen) atoms. The molecule has 1 atom stereocenters. The Morgan fingerprint density at radius 2 is 1.78 bits per heavy atom. The number of rotatable bonds is 8. The van der Waals surface area contributed by atoms with Crippen LogP contribution in [0, 0.1) is 6.92 Å². The van der Waals surface area contributed by atoms with Crippen LogP contribution in [0.15, 0.2) is 53.7 Å². The smallest absolute Gasteiger partial charge is 0.335 e. The SMILES string of the molecule is Cc1ccccc1C(=O)N[C@@H](C)c1nnc(SCC(=O)Nc2ccc(C(=O)O)cc2)n1C. The summed E-state index contributed by atoms with van der Waals surface area (Å²) in [5, 5.41) is 23.4. The summed E-state index contributed by atoms with van der Waals surface area (Å²) >= 11 is 1.21. The molecule has 9 nitrogen and oxygen atoms in total. The zero-order chi connectivity index (χ0) is 23.3. The number of nitrogens with zero attached hydrogens (tertiary/aromatic N) is 3. The van der Waals surface area contributed by atoms with Gasteiger partial charge in [-0.2, -0.15) is 0 Å². The predicted octanol–water partition coefficient (Wildman–Crippen LogP) is 3.04. The highest BCUT2D eigenvalue weighted by Gasteiger charge is 2.19. The van der Waals surface area contributed by atoms with Gasteiger partial charge in [-0.25, -0.2) is 4.79 Å². The molecule has 0 aliphatic carbocycles. The number of carbonyl (C=O) groups excluding carboxylic acids is 2. The van der Waals surface area contributed by atoms with Crippen LogP contribution >= 0.6 is 11.8 Å². The topological polar surface area (TPSA) is 126 Å². The number of carboxylic acids is 1. The van der Waals surface area contributed by atoms with E-state index in [1.807, 2.05) is 32.0 Å². The van der Waals surface area contributed by atoms with Crippen molar-refractivity contribution in [1.82, 2.24) is 20.1 Å². The van der Waals surface area contributed by atoms with Gasteiger partial charge in [0.1, 0.15) is 0 Å². The molecule has 166 valence electrons. The third-order valence-corrected chi connectivity index (χ3v) is 5.76. The minimum Gasteiger partial charge on any atom is -0.478 e. The summed E-state index contributed by atoms with van der Waals surface area (Å²) in [5.41, 5.74) is 2.14. The monoisotopic (exact) mass is 453 g/mol. The lowest BCUT2D eigenvalue weighted by atomic mass is 10.1. The molecule has 1 aromatic heterocycles. The number of hydrogen-bond acceptors (Lipinski definition) is 6. The molecule has 0 bridgehead atoms. The first-order chi connectivity index (χ1) is 15.3. The van der Waals surface area contributed by atoms with Gasteiger partial charge in [0, 0.05) is 18.3 Å². The summed E-state index contributed by atoms with van der Waals surface area (Å²) in [5.74, 6) is -0.819. The molecule has 0 spiro atoms. The molecule has 0 unspecified atom stereocenters. The van der Waals surface area contributed by atoms with Crippen molar-refractivity contribution < 1.29 is 19.5 Å². The molecule has 2 aromatic carbocycles. The van der Waals surface area contributed by atoms with Gasteiger partial charge in [-0.3, -0.25) is 9.59 Å². The Labute approximate surface area is 189 Å². The summed E-state index contributed by atoms with van der Waals surface area (Å²) in [6, 6.07) is 12.9. The highest BCUT2D eigenvalue weighted by Crippen LogP contribution is 2.20. The second-order valence-corrected chi connectivity index (χ2v) is 8.07. The highest BCUT2D eigenvalue weighted by molar-refractivity contribution is 7.99. The van der Waals surface area contributed by atoms with Crippen LogP contribution in [-0.4, -0.2) is 43.4 Å². The number of carboxylic acid groups (broad SMARTS) is 1. The second kappa shape index (κ2) is 10.1. The lowest BCUT2D eigenvalue weighted by Crippen LogP contribution is -2.29. The normalized spacial score (nSPS) is 11.6. The molecule has 2 amide bonds. The predicted molar refractivity (Wildman–Crippen MR) is 121 cm³/mol. The molecule has 0 saturated heterocycles. The molecule has 10 heteroatoms. The van der Waals surface area contributed by atoms with Crippen LogP contribution in [0.3, 0.4) is 0 Å². The van der Waals surface area contributed by atoms with Gasteiger partial charge in [0.2, 0.25) is 5.91 Å². The lowest BCUT2D eigenvalue weighted by Gasteiger charge is -2.14. The molecule has 0 saturated carbocycles. The van der Waals surface area contributed by atoms with Crippen molar-refractivity contribution in [3.8, 4) is 0 Å². The first-order valence-electron chi connectivity index (χ1n) is 9.78. The minimum atomic E-state index is -1.03. The van der Waals surface area contributed by atoms with E-state index in [1.165, 1.54) is 36.0 Å². The van der Waals surface area contributed by atoms with Crippen LogP contribution in [0.25, 0.3) is 0 Å². The number of aryl methyl sites for hydroxylation is 1. The van der Waals surface area contributed by atoms with Crippen LogP contribution in [0.1, 0.15) is 45.1 Å². The first-order valence-corrected chi connectivity index (χ1v) is 10.8. The molecule has 3 rings (SSSR count). The van der Waals surface area contributed by atoms with E-state index < -0.39 is 5.97 Å². The molecule has 3 N–H and O–H groups in total. The summed E-state index contributed by atoms with van der Waals surface area (Å²) in [4.78, 5) is 35.7. The van der Waals surface area contributed by atoms with Gasteiger partial charge in [-0.1, -0.05) is 30.0 Å². The molecule has 0 radical (unpaired) electrons. The van der Waals surface area contributed by atoms with E-state index >= 15 is 0 Å². The number of amides is 2. The van der Waals surface area contributed by atoms with Crippen molar-refractivity contribution in [2.45, 2.75) is 25.0 Å². The Hall–Kier alpha value is -3.66. The summed E-state index contributed by atoms with van der Waals surface area (Å²) in [6.07, 6.45) is 0. The maximum Gasteiger partial charge on any atom is 0.335 e. The van der Waals surface area contributed by atoms with Gasteiger partial charge in [0.25, 0.3) is 5.91 Å². The molecular formula is C22H23N5O4S. The Kier molecular flexibility index (Phi) is 7.26.